The van der Waals surface area contributed by atoms with Gasteiger partial charge in [-0.3, -0.25) is 19.9 Å². The van der Waals surface area contributed by atoms with Crippen LogP contribution >= 0.6 is 0 Å². The van der Waals surface area contributed by atoms with Gasteiger partial charge in [-0.05, 0) is 79.6 Å². The molecule has 0 fully saturated rings. The van der Waals surface area contributed by atoms with Crippen LogP contribution in [0.25, 0.3) is 22.8 Å². The van der Waals surface area contributed by atoms with Crippen molar-refractivity contribution in [3.63, 3.8) is 0 Å². The fraction of sp³-hybridized carbons (Fsp3) is 0.0625. The number of pyridine rings is 4. The van der Waals surface area contributed by atoms with Gasteiger partial charge < -0.3 is 0 Å². The molecular formula is C32H22N4. The zero-order chi connectivity index (χ0) is 24.7. The quantitative estimate of drug-likeness (QED) is 0.301. The molecule has 0 saturated heterocycles. The monoisotopic (exact) mass is 462 g/mol. The molecule has 0 aliphatic rings. The van der Waals surface area contributed by atoms with E-state index in [4.69, 9.17) is 0 Å². The van der Waals surface area contributed by atoms with Gasteiger partial charge in [-0.15, -0.1) is 0 Å². The maximum atomic E-state index is 4.50. The predicted molar refractivity (Wildman–Crippen MR) is 143 cm³/mol. The number of benzene rings is 1. The first kappa shape index (κ1) is 22.7. The Kier molecular flexibility index (Phi) is 6.61. The van der Waals surface area contributed by atoms with Crippen molar-refractivity contribution in [2.45, 2.75) is 13.8 Å². The molecule has 0 bridgehead atoms. The van der Waals surface area contributed by atoms with Crippen molar-refractivity contribution in [1.29, 1.82) is 0 Å². The molecule has 1 aromatic carbocycles. The Hall–Kier alpha value is -5.06. The number of aryl methyl sites for hydroxylation is 2. The average molecular weight is 463 g/mol. The van der Waals surface area contributed by atoms with E-state index in [0.717, 1.165) is 56.2 Å². The Morgan fingerprint density at radius 2 is 0.806 bits per heavy atom. The molecule has 4 aromatic heterocycles. The molecular weight excluding hydrogens is 440 g/mol. The zero-order valence-corrected chi connectivity index (χ0v) is 20.0. The Morgan fingerprint density at radius 3 is 1.17 bits per heavy atom. The number of aromatic nitrogens is 4. The van der Waals surface area contributed by atoms with Crippen LogP contribution in [0.2, 0.25) is 0 Å². The van der Waals surface area contributed by atoms with Crippen LogP contribution in [0, 0.1) is 37.5 Å². The zero-order valence-electron chi connectivity index (χ0n) is 20.0. The first-order chi connectivity index (χ1) is 17.6. The highest BCUT2D eigenvalue weighted by atomic mass is 14.8. The van der Waals surface area contributed by atoms with Gasteiger partial charge in [0.1, 0.15) is 0 Å². The van der Waals surface area contributed by atoms with Crippen LogP contribution < -0.4 is 0 Å². The molecule has 5 aromatic rings. The first-order valence-electron chi connectivity index (χ1n) is 11.5. The Labute approximate surface area is 211 Å². The highest BCUT2D eigenvalue weighted by Gasteiger charge is 2.01. The van der Waals surface area contributed by atoms with Crippen LogP contribution in [0.4, 0.5) is 0 Å². The van der Waals surface area contributed by atoms with Crippen LogP contribution in [0.5, 0.6) is 0 Å². The SMILES string of the molecule is Cc1ccc(-c2ccc(C#Cc3cccc(C#Cc4ccc(-c5ccc(C)cn5)nc4)c3)cn2)nc1. The average Bonchev–Trinajstić information content (AvgIpc) is 2.93. The van der Waals surface area contributed by atoms with E-state index < -0.39 is 0 Å². The summed E-state index contributed by atoms with van der Waals surface area (Å²) in [6, 6.07) is 23.7. The van der Waals surface area contributed by atoms with E-state index in [2.05, 4.69) is 43.6 Å². The molecule has 0 N–H and O–H groups in total. The smallest absolute Gasteiger partial charge is 0.0887 e. The third kappa shape index (κ3) is 5.70. The third-order valence-electron chi connectivity index (χ3n) is 5.44. The van der Waals surface area contributed by atoms with E-state index in [9.17, 15) is 0 Å². The normalized spacial score (nSPS) is 10.1. The topological polar surface area (TPSA) is 51.6 Å². The first-order valence-corrected chi connectivity index (χ1v) is 11.5. The minimum absolute atomic E-state index is 0.829. The summed E-state index contributed by atoms with van der Waals surface area (Å²) >= 11 is 0. The summed E-state index contributed by atoms with van der Waals surface area (Å²) < 4.78 is 0. The fourth-order valence-electron chi connectivity index (χ4n) is 3.44. The maximum absolute atomic E-state index is 4.50. The van der Waals surface area contributed by atoms with Gasteiger partial charge in [0.05, 0.1) is 22.8 Å². The van der Waals surface area contributed by atoms with Gasteiger partial charge in [0, 0.05) is 47.0 Å². The van der Waals surface area contributed by atoms with Crippen LogP contribution in [-0.4, -0.2) is 19.9 Å². The summed E-state index contributed by atoms with van der Waals surface area (Å²) in [6.07, 6.45) is 7.23. The number of nitrogens with zero attached hydrogens (tertiary/aromatic N) is 4. The van der Waals surface area contributed by atoms with Crippen molar-refractivity contribution in [2.24, 2.45) is 0 Å². The molecule has 170 valence electrons. The Bertz CT molecular complexity index is 1490. The molecule has 0 radical (unpaired) electrons. The van der Waals surface area contributed by atoms with Crippen molar-refractivity contribution >= 4 is 0 Å². The van der Waals surface area contributed by atoms with Crippen molar-refractivity contribution in [3.8, 4) is 46.5 Å². The lowest BCUT2D eigenvalue weighted by Crippen LogP contribution is -1.88. The standard InChI is InChI=1S/C32H22N4/c1-23-6-14-29(33-19-23)31-16-12-27(21-35-31)10-8-25-4-3-5-26(18-25)9-11-28-13-17-32(36-22-28)30-15-7-24(2)20-34-30/h3-7,12-22H,1-2H3. The highest BCUT2D eigenvalue weighted by molar-refractivity contribution is 5.57. The fourth-order valence-corrected chi connectivity index (χ4v) is 3.44. The van der Waals surface area contributed by atoms with E-state index in [1.54, 1.807) is 12.4 Å². The van der Waals surface area contributed by atoms with E-state index >= 15 is 0 Å². The lowest BCUT2D eigenvalue weighted by atomic mass is 10.1. The van der Waals surface area contributed by atoms with Gasteiger partial charge in [0.25, 0.3) is 0 Å². The van der Waals surface area contributed by atoms with Gasteiger partial charge >= 0.3 is 0 Å². The van der Waals surface area contributed by atoms with Crippen LogP contribution in [-0.2, 0) is 0 Å². The van der Waals surface area contributed by atoms with Gasteiger partial charge in [0.2, 0.25) is 0 Å². The molecule has 0 aliphatic carbocycles. The largest absolute Gasteiger partial charge is 0.254 e. The molecule has 5 rings (SSSR count). The Balaban J connectivity index is 1.28. The summed E-state index contributed by atoms with van der Waals surface area (Å²) in [7, 11) is 0. The summed E-state index contributed by atoms with van der Waals surface area (Å²) in [6.45, 7) is 4.03. The molecule has 4 heteroatoms. The van der Waals surface area contributed by atoms with Crippen LogP contribution in [0.1, 0.15) is 33.4 Å². The number of hydrogen-bond donors (Lipinski definition) is 0. The van der Waals surface area contributed by atoms with Crippen molar-refractivity contribution in [1.82, 2.24) is 19.9 Å². The molecule has 36 heavy (non-hydrogen) atoms. The third-order valence-corrected chi connectivity index (χ3v) is 5.44. The lowest BCUT2D eigenvalue weighted by Gasteiger charge is -2.00. The van der Waals surface area contributed by atoms with E-state index in [1.165, 1.54) is 0 Å². The minimum Gasteiger partial charge on any atom is -0.254 e. The van der Waals surface area contributed by atoms with Crippen molar-refractivity contribution in [3.05, 3.63) is 131 Å². The number of rotatable bonds is 2. The predicted octanol–water partition coefficient (Wildman–Crippen LogP) is 6.02. The van der Waals surface area contributed by atoms with E-state index in [0.29, 0.717) is 0 Å². The van der Waals surface area contributed by atoms with E-state index in [1.807, 2.05) is 99.0 Å². The summed E-state index contributed by atoms with van der Waals surface area (Å²) in [5.41, 5.74) is 9.08. The van der Waals surface area contributed by atoms with Gasteiger partial charge in [-0.1, -0.05) is 41.9 Å². The number of hydrogen-bond acceptors (Lipinski definition) is 4. The lowest BCUT2D eigenvalue weighted by molar-refractivity contribution is 1.22. The summed E-state index contributed by atoms with van der Waals surface area (Å²) in [5, 5.41) is 0. The van der Waals surface area contributed by atoms with Crippen LogP contribution in [0.15, 0.2) is 97.6 Å². The van der Waals surface area contributed by atoms with Gasteiger partial charge in [-0.2, -0.15) is 0 Å². The Morgan fingerprint density at radius 1 is 0.417 bits per heavy atom. The second-order valence-electron chi connectivity index (χ2n) is 8.39. The molecule has 4 heterocycles. The van der Waals surface area contributed by atoms with Crippen LogP contribution in [0.3, 0.4) is 0 Å². The maximum Gasteiger partial charge on any atom is 0.0887 e. The van der Waals surface area contributed by atoms with Gasteiger partial charge in [-0.25, -0.2) is 0 Å². The molecule has 0 aliphatic heterocycles. The van der Waals surface area contributed by atoms with Crippen molar-refractivity contribution < 1.29 is 0 Å². The van der Waals surface area contributed by atoms with Gasteiger partial charge in [0.15, 0.2) is 0 Å². The second-order valence-corrected chi connectivity index (χ2v) is 8.39. The second kappa shape index (κ2) is 10.5. The van der Waals surface area contributed by atoms with Crippen molar-refractivity contribution in [2.75, 3.05) is 0 Å². The molecule has 4 nitrogen and oxygen atoms in total. The van der Waals surface area contributed by atoms with E-state index in [-0.39, 0.29) is 0 Å². The molecule has 0 unspecified atom stereocenters. The molecule has 0 amide bonds. The molecule has 0 spiro atoms. The summed E-state index contributed by atoms with van der Waals surface area (Å²) in [4.78, 5) is 17.9. The molecule has 0 atom stereocenters. The summed E-state index contributed by atoms with van der Waals surface area (Å²) in [5.74, 6) is 12.8. The highest BCUT2D eigenvalue weighted by Crippen LogP contribution is 2.16. The minimum atomic E-state index is 0.829. The molecule has 0 saturated carbocycles.